The topological polar surface area (TPSA) is 93.2 Å². The maximum atomic E-state index is 13.2. The standard InChI is InChI=1S/C29H26N2O6/c1-18(26(32)30-15-7-9-20-8-3-6-12-24(20)30)37-29(35)23-16-19(13-14-25(23)36-2)17-31-27(33)21-10-4-5-11-22(21)28(31)34/h3-6,8,10-14,16,18H,7,9,15,17H2,1-2H3/t18-/m0/s1. The van der Waals surface area contributed by atoms with Crippen LogP contribution in [-0.2, 0) is 22.5 Å². The number of ether oxygens (including phenoxy) is 2. The van der Waals surface area contributed by atoms with E-state index in [0.29, 0.717) is 23.2 Å². The minimum absolute atomic E-state index is 0.0182. The molecule has 0 bridgehead atoms. The molecule has 1 atom stereocenters. The number of benzene rings is 3. The number of para-hydroxylation sites is 1. The van der Waals surface area contributed by atoms with Crippen LogP contribution in [-0.4, -0.2) is 48.3 Å². The summed E-state index contributed by atoms with van der Waals surface area (Å²) >= 11 is 0. The molecular formula is C29H26N2O6. The van der Waals surface area contributed by atoms with Crippen molar-refractivity contribution in [1.82, 2.24) is 4.90 Å². The number of fused-ring (bicyclic) bond motifs is 2. The van der Waals surface area contributed by atoms with Gasteiger partial charge in [0, 0.05) is 12.2 Å². The van der Waals surface area contributed by atoms with Crippen LogP contribution in [0.4, 0.5) is 5.69 Å². The fraction of sp³-hybridized carbons (Fsp3) is 0.241. The highest BCUT2D eigenvalue weighted by Gasteiger charge is 2.35. The van der Waals surface area contributed by atoms with Crippen molar-refractivity contribution in [3.05, 3.63) is 94.5 Å². The summed E-state index contributed by atoms with van der Waals surface area (Å²) in [6.07, 6.45) is 0.700. The highest BCUT2D eigenvalue weighted by atomic mass is 16.5. The van der Waals surface area contributed by atoms with Crippen molar-refractivity contribution in [2.24, 2.45) is 0 Å². The number of nitrogens with zero attached hydrogens (tertiary/aromatic N) is 2. The molecule has 3 aromatic rings. The second-order valence-corrected chi connectivity index (χ2v) is 9.05. The van der Waals surface area contributed by atoms with E-state index >= 15 is 0 Å². The summed E-state index contributed by atoms with van der Waals surface area (Å²) in [5.41, 5.74) is 3.28. The second-order valence-electron chi connectivity index (χ2n) is 9.05. The smallest absolute Gasteiger partial charge is 0.342 e. The van der Waals surface area contributed by atoms with Gasteiger partial charge in [0.25, 0.3) is 17.7 Å². The number of aryl methyl sites for hydroxylation is 1. The zero-order valence-corrected chi connectivity index (χ0v) is 20.6. The van der Waals surface area contributed by atoms with Gasteiger partial charge in [-0.15, -0.1) is 0 Å². The maximum absolute atomic E-state index is 13.2. The average molecular weight is 499 g/mol. The Hall–Kier alpha value is -4.46. The van der Waals surface area contributed by atoms with Crippen molar-refractivity contribution in [2.45, 2.75) is 32.4 Å². The molecule has 5 rings (SSSR count). The molecule has 2 heterocycles. The molecule has 188 valence electrons. The molecule has 0 aliphatic carbocycles. The van der Waals surface area contributed by atoms with Crippen molar-refractivity contribution in [3.8, 4) is 5.75 Å². The summed E-state index contributed by atoms with van der Waals surface area (Å²) in [7, 11) is 1.43. The highest BCUT2D eigenvalue weighted by Crippen LogP contribution is 2.29. The lowest BCUT2D eigenvalue weighted by atomic mass is 10.0. The van der Waals surface area contributed by atoms with Gasteiger partial charge in [-0.05, 0) is 61.2 Å². The van der Waals surface area contributed by atoms with Crippen LogP contribution in [0.2, 0.25) is 0 Å². The van der Waals surface area contributed by atoms with Gasteiger partial charge in [0.15, 0.2) is 6.10 Å². The van der Waals surface area contributed by atoms with E-state index < -0.39 is 12.1 Å². The molecule has 0 unspecified atom stereocenters. The van der Waals surface area contributed by atoms with Gasteiger partial charge >= 0.3 is 5.97 Å². The Labute approximate surface area is 214 Å². The van der Waals surface area contributed by atoms with Crippen LogP contribution in [0, 0.1) is 0 Å². The van der Waals surface area contributed by atoms with E-state index in [0.717, 1.165) is 29.0 Å². The summed E-state index contributed by atoms with van der Waals surface area (Å²) in [5, 5.41) is 0. The highest BCUT2D eigenvalue weighted by molar-refractivity contribution is 6.21. The summed E-state index contributed by atoms with van der Waals surface area (Å²) in [4.78, 5) is 54.7. The third kappa shape index (κ3) is 4.46. The van der Waals surface area contributed by atoms with Gasteiger partial charge in [0.2, 0.25) is 0 Å². The van der Waals surface area contributed by atoms with Crippen molar-refractivity contribution >= 4 is 29.4 Å². The van der Waals surface area contributed by atoms with Crippen molar-refractivity contribution in [3.63, 3.8) is 0 Å². The van der Waals surface area contributed by atoms with Gasteiger partial charge in [-0.25, -0.2) is 4.79 Å². The van der Waals surface area contributed by atoms with Crippen molar-refractivity contribution in [1.29, 1.82) is 0 Å². The third-order valence-corrected chi connectivity index (χ3v) is 6.71. The quantitative estimate of drug-likeness (QED) is 0.377. The molecule has 37 heavy (non-hydrogen) atoms. The molecule has 8 heteroatoms. The Morgan fingerprint density at radius 3 is 2.32 bits per heavy atom. The SMILES string of the molecule is COc1ccc(CN2C(=O)c3ccccc3C2=O)cc1C(=O)O[C@@H](C)C(=O)N1CCCc2ccccc21. The fourth-order valence-corrected chi connectivity index (χ4v) is 4.83. The molecule has 0 radical (unpaired) electrons. The van der Waals surface area contributed by atoms with Crippen LogP contribution in [0.1, 0.15) is 55.5 Å². The summed E-state index contributed by atoms with van der Waals surface area (Å²) < 4.78 is 10.9. The van der Waals surface area contributed by atoms with Gasteiger partial charge in [-0.3, -0.25) is 19.3 Å². The zero-order valence-electron chi connectivity index (χ0n) is 20.6. The van der Waals surface area contributed by atoms with E-state index in [2.05, 4.69) is 0 Å². The van der Waals surface area contributed by atoms with Crippen LogP contribution < -0.4 is 9.64 Å². The lowest BCUT2D eigenvalue weighted by molar-refractivity contribution is -0.126. The molecule has 0 saturated carbocycles. The molecule has 2 aliphatic heterocycles. The van der Waals surface area contributed by atoms with E-state index in [1.165, 1.54) is 13.2 Å². The van der Waals surface area contributed by atoms with Crippen LogP contribution in [0.5, 0.6) is 5.75 Å². The van der Waals surface area contributed by atoms with Crippen LogP contribution in [0.25, 0.3) is 0 Å². The molecule has 0 N–H and O–H groups in total. The number of carbonyl (C=O) groups excluding carboxylic acids is 4. The lowest BCUT2D eigenvalue weighted by Gasteiger charge is -2.31. The second kappa shape index (κ2) is 9.89. The van der Waals surface area contributed by atoms with Gasteiger partial charge < -0.3 is 14.4 Å². The number of rotatable bonds is 6. The molecule has 0 fully saturated rings. The van der Waals surface area contributed by atoms with Gasteiger partial charge in [-0.1, -0.05) is 36.4 Å². The molecule has 3 aromatic carbocycles. The minimum Gasteiger partial charge on any atom is -0.496 e. The molecular weight excluding hydrogens is 472 g/mol. The number of amides is 3. The normalized spacial score (nSPS) is 15.2. The van der Waals surface area contributed by atoms with E-state index in [4.69, 9.17) is 9.47 Å². The van der Waals surface area contributed by atoms with E-state index in [1.54, 1.807) is 48.2 Å². The monoisotopic (exact) mass is 498 g/mol. The Balaban J connectivity index is 1.33. The predicted molar refractivity (Wildman–Crippen MR) is 136 cm³/mol. The summed E-state index contributed by atoms with van der Waals surface area (Å²) in [6, 6.07) is 19.1. The van der Waals surface area contributed by atoms with Gasteiger partial charge in [0.05, 0.1) is 24.8 Å². The largest absolute Gasteiger partial charge is 0.496 e. The molecule has 2 aliphatic rings. The van der Waals surface area contributed by atoms with Crippen LogP contribution in [0.3, 0.4) is 0 Å². The van der Waals surface area contributed by atoms with E-state index in [1.807, 2.05) is 24.3 Å². The van der Waals surface area contributed by atoms with Crippen LogP contribution in [0.15, 0.2) is 66.7 Å². The number of anilines is 1. The van der Waals surface area contributed by atoms with E-state index in [-0.39, 0.29) is 35.6 Å². The van der Waals surface area contributed by atoms with Crippen molar-refractivity contribution in [2.75, 3.05) is 18.6 Å². The van der Waals surface area contributed by atoms with Gasteiger partial charge in [0.1, 0.15) is 11.3 Å². The van der Waals surface area contributed by atoms with Crippen molar-refractivity contribution < 1.29 is 28.7 Å². The molecule has 8 nitrogen and oxygen atoms in total. The lowest BCUT2D eigenvalue weighted by Crippen LogP contribution is -2.42. The Bertz CT molecular complexity index is 1380. The summed E-state index contributed by atoms with van der Waals surface area (Å²) in [6.45, 7) is 2.08. The Morgan fingerprint density at radius 2 is 1.62 bits per heavy atom. The molecule has 0 saturated heterocycles. The zero-order chi connectivity index (χ0) is 26.1. The summed E-state index contributed by atoms with van der Waals surface area (Å²) in [5.74, 6) is -1.55. The molecule has 0 aromatic heterocycles. The number of hydrogen-bond acceptors (Lipinski definition) is 6. The first-order chi connectivity index (χ1) is 17.9. The minimum atomic E-state index is -1.02. The number of esters is 1. The number of methoxy groups -OCH3 is 1. The number of imide groups is 1. The average Bonchev–Trinajstić information content (AvgIpc) is 3.17. The first-order valence-corrected chi connectivity index (χ1v) is 12.1. The maximum Gasteiger partial charge on any atom is 0.342 e. The van der Waals surface area contributed by atoms with Gasteiger partial charge in [-0.2, -0.15) is 0 Å². The number of carbonyl (C=O) groups is 4. The van der Waals surface area contributed by atoms with Crippen LogP contribution >= 0.6 is 0 Å². The Morgan fingerprint density at radius 1 is 0.946 bits per heavy atom. The third-order valence-electron chi connectivity index (χ3n) is 6.71. The molecule has 0 spiro atoms. The first kappa shape index (κ1) is 24.2. The predicted octanol–water partition coefficient (Wildman–Crippen LogP) is 4.02. The molecule has 3 amide bonds. The Kier molecular flexibility index (Phi) is 6.48. The number of hydrogen-bond donors (Lipinski definition) is 0. The van der Waals surface area contributed by atoms with E-state index in [9.17, 15) is 19.2 Å². The fourth-order valence-electron chi connectivity index (χ4n) is 4.83. The first-order valence-electron chi connectivity index (χ1n) is 12.1.